The van der Waals surface area contributed by atoms with Crippen LogP contribution in [0.15, 0.2) is 30.5 Å². The summed E-state index contributed by atoms with van der Waals surface area (Å²) in [5.74, 6) is 0.869. The van der Waals surface area contributed by atoms with Crippen molar-refractivity contribution in [2.75, 3.05) is 6.61 Å². The van der Waals surface area contributed by atoms with Gasteiger partial charge in [-0.15, -0.1) is 11.3 Å². The van der Waals surface area contributed by atoms with Crippen molar-refractivity contribution < 1.29 is 4.74 Å². The molecule has 0 aliphatic carbocycles. The Morgan fingerprint density at radius 1 is 1.33 bits per heavy atom. The van der Waals surface area contributed by atoms with Gasteiger partial charge in [-0.05, 0) is 43.7 Å². The minimum absolute atomic E-state index is 0.362. The second-order valence-electron chi connectivity index (χ2n) is 4.67. The highest BCUT2D eigenvalue weighted by molar-refractivity contribution is 7.17. The molecule has 3 rings (SSSR count). The lowest BCUT2D eigenvalue weighted by molar-refractivity contribution is 0.340. The number of hydrogen-bond donors (Lipinski definition) is 0. The van der Waals surface area contributed by atoms with Gasteiger partial charge in [0.05, 0.1) is 36.7 Å². The highest BCUT2D eigenvalue weighted by Crippen LogP contribution is 2.33. The molecule has 0 saturated carbocycles. The monoisotopic (exact) mass is 297 g/mol. The molecule has 3 aromatic rings. The van der Waals surface area contributed by atoms with Gasteiger partial charge in [-0.3, -0.25) is 4.40 Å². The minimum Gasteiger partial charge on any atom is -0.494 e. The van der Waals surface area contributed by atoms with Crippen LogP contribution in [0.3, 0.4) is 0 Å². The van der Waals surface area contributed by atoms with Crippen molar-refractivity contribution >= 4 is 16.3 Å². The molecular formula is C16H15N3OS. The van der Waals surface area contributed by atoms with E-state index in [0.717, 1.165) is 27.7 Å². The van der Waals surface area contributed by atoms with Crippen LogP contribution in [0.2, 0.25) is 0 Å². The van der Waals surface area contributed by atoms with E-state index in [9.17, 15) is 0 Å². The second-order valence-corrected chi connectivity index (χ2v) is 5.85. The van der Waals surface area contributed by atoms with Crippen molar-refractivity contribution in [3.8, 4) is 23.1 Å². The zero-order valence-electron chi connectivity index (χ0n) is 12.0. The Labute approximate surface area is 127 Å². The molecule has 0 spiro atoms. The molecule has 2 aromatic heterocycles. The summed E-state index contributed by atoms with van der Waals surface area (Å²) in [6.07, 6.45) is 2.15. The molecule has 0 N–H and O–H groups in total. The van der Waals surface area contributed by atoms with Crippen molar-refractivity contribution in [2.24, 2.45) is 0 Å². The van der Waals surface area contributed by atoms with E-state index >= 15 is 0 Å². The zero-order chi connectivity index (χ0) is 14.8. The first kappa shape index (κ1) is 13.7. The quantitative estimate of drug-likeness (QED) is 0.735. The number of nitrogens with zero attached hydrogens (tertiary/aromatic N) is 3. The average molecular weight is 297 g/mol. The van der Waals surface area contributed by atoms with Gasteiger partial charge in [0, 0.05) is 4.88 Å². The van der Waals surface area contributed by atoms with E-state index in [2.05, 4.69) is 34.5 Å². The molecule has 0 aliphatic heterocycles. The first-order valence-electron chi connectivity index (χ1n) is 6.80. The van der Waals surface area contributed by atoms with Crippen LogP contribution in [0.1, 0.15) is 17.5 Å². The molecular weight excluding hydrogens is 282 g/mol. The lowest BCUT2D eigenvalue weighted by atomic mass is 10.1. The number of rotatable bonds is 4. The predicted octanol–water partition coefficient (Wildman–Crippen LogP) is 3.84. The van der Waals surface area contributed by atoms with Crippen molar-refractivity contribution in [3.63, 3.8) is 0 Å². The van der Waals surface area contributed by atoms with Gasteiger partial charge in [-0.25, -0.2) is 4.98 Å². The molecule has 0 amide bonds. The summed E-state index contributed by atoms with van der Waals surface area (Å²) in [6, 6.07) is 10.3. The van der Waals surface area contributed by atoms with E-state index in [0.29, 0.717) is 13.0 Å². The highest BCUT2D eigenvalue weighted by atomic mass is 32.1. The molecule has 1 aromatic carbocycles. The number of fused-ring (bicyclic) bond motifs is 1. The van der Waals surface area contributed by atoms with Crippen LogP contribution in [0.5, 0.6) is 5.75 Å². The smallest absolute Gasteiger partial charge is 0.194 e. The number of aryl methyl sites for hydroxylation is 1. The van der Waals surface area contributed by atoms with Crippen LogP contribution >= 0.6 is 11.3 Å². The molecule has 4 nitrogen and oxygen atoms in total. The number of ether oxygens (including phenoxy) is 1. The van der Waals surface area contributed by atoms with Crippen LogP contribution in [-0.2, 0) is 6.42 Å². The van der Waals surface area contributed by atoms with Crippen LogP contribution in [0.25, 0.3) is 16.2 Å². The van der Waals surface area contributed by atoms with E-state index in [1.807, 2.05) is 19.1 Å². The van der Waals surface area contributed by atoms with E-state index in [-0.39, 0.29) is 0 Å². The van der Waals surface area contributed by atoms with Crippen LogP contribution in [-0.4, -0.2) is 16.0 Å². The van der Waals surface area contributed by atoms with Gasteiger partial charge < -0.3 is 4.74 Å². The highest BCUT2D eigenvalue weighted by Gasteiger charge is 2.15. The van der Waals surface area contributed by atoms with Crippen LogP contribution in [0.4, 0.5) is 0 Å². The standard InChI is InChI=1S/C16H15N3OS/c1-3-20-14-6-4-12(5-7-14)15-11(2)21-16-18-10-13(8-9-17)19(15)16/h4-7,10H,3,8H2,1-2H3. The fraction of sp³-hybridized carbons (Fsp3) is 0.250. The van der Waals surface area contributed by atoms with E-state index in [1.54, 1.807) is 17.5 Å². The van der Waals surface area contributed by atoms with Crippen molar-refractivity contribution in [1.29, 1.82) is 5.26 Å². The van der Waals surface area contributed by atoms with Crippen molar-refractivity contribution in [3.05, 3.63) is 41.0 Å². The molecule has 21 heavy (non-hydrogen) atoms. The van der Waals surface area contributed by atoms with Crippen LogP contribution < -0.4 is 4.74 Å². The molecule has 5 heteroatoms. The van der Waals surface area contributed by atoms with Gasteiger partial charge in [-0.1, -0.05) is 0 Å². The van der Waals surface area contributed by atoms with Crippen molar-refractivity contribution in [1.82, 2.24) is 9.38 Å². The first-order valence-corrected chi connectivity index (χ1v) is 7.62. The fourth-order valence-corrected chi connectivity index (χ4v) is 3.42. The summed E-state index contributed by atoms with van der Waals surface area (Å²) in [6.45, 7) is 4.72. The Kier molecular flexibility index (Phi) is 3.63. The van der Waals surface area contributed by atoms with E-state index in [1.165, 1.54) is 4.88 Å². The summed E-state index contributed by atoms with van der Waals surface area (Å²) in [4.78, 5) is 6.52. The Morgan fingerprint density at radius 2 is 2.10 bits per heavy atom. The molecule has 0 aliphatic rings. The van der Waals surface area contributed by atoms with Gasteiger partial charge in [0.2, 0.25) is 0 Å². The number of benzene rings is 1. The van der Waals surface area contributed by atoms with Gasteiger partial charge in [0.25, 0.3) is 0 Å². The van der Waals surface area contributed by atoms with Gasteiger partial charge >= 0.3 is 0 Å². The number of nitriles is 1. The molecule has 106 valence electrons. The molecule has 0 saturated heterocycles. The molecule has 0 atom stereocenters. The topological polar surface area (TPSA) is 50.3 Å². The Morgan fingerprint density at radius 3 is 2.76 bits per heavy atom. The number of hydrogen-bond acceptors (Lipinski definition) is 4. The molecule has 2 heterocycles. The Balaban J connectivity index is 2.12. The minimum atomic E-state index is 0.362. The van der Waals surface area contributed by atoms with Gasteiger partial charge in [-0.2, -0.15) is 5.26 Å². The normalized spacial score (nSPS) is 10.7. The van der Waals surface area contributed by atoms with E-state index < -0.39 is 0 Å². The lowest BCUT2D eigenvalue weighted by Gasteiger charge is -2.07. The summed E-state index contributed by atoms with van der Waals surface area (Å²) < 4.78 is 7.57. The maximum atomic E-state index is 8.96. The van der Waals surface area contributed by atoms with Crippen LogP contribution in [0, 0.1) is 18.3 Å². The SMILES string of the molecule is CCOc1ccc(-c2c(C)sc3ncc(CC#N)n23)cc1. The maximum absolute atomic E-state index is 8.96. The summed E-state index contributed by atoms with van der Waals surface area (Å²) in [7, 11) is 0. The zero-order valence-corrected chi connectivity index (χ0v) is 12.8. The third kappa shape index (κ3) is 2.39. The molecule has 0 unspecified atom stereocenters. The molecule has 0 fully saturated rings. The number of aromatic nitrogens is 2. The number of imidazole rings is 1. The average Bonchev–Trinajstić information content (AvgIpc) is 3.00. The van der Waals surface area contributed by atoms with Gasteiger partial charge in [0.15, 0.2) is 4.96 Å². The summed E-state index contributed by atoms with van der Waals surface area (Å²) >= 11 is 1.65. The maximum Gasteiger partial charge on any atom is 0.194 e. The Hall–Kier alpha value is -2.32. The fourth-order valence-electron chi connectivity index (χ4n) is 2.44. The van der Waals surface area contributed by atoms with Crippen molar-refractivity contribution in [2.45, 2.75) is 20.3 Å². The van der Waals surface area contributed by atoms with E-state index in [4.69, 9.17) is 10.00 Å². The summed E-state index contributed by atoms with van der Waals surface area (Å²) in [5.41, 5.74) is 3.15. The number of thiazole rings is 1. The lowest BCUT2D eigenvalue weighted by Crippen LogP contribution is -1.95. The second kappa shape index (κ2) is 5.58. The van der Waals surface area contributed by atoms with Gasteiger partial charge in [0.1, 0.15) is 5.75 Å². The summed E-state index contributed by atoms with van der Waals surface area (Å²) in [5, 5.41) is 8.96. The third-order valence-electron chi connectivity index (χ3n) is 3.30. The third-order valence-corrected chi connectivity index (χ3v) is 4.27. The largest absolute Gasteiger partial charge is 0.494 e. The molecule has 0 radical (unpaired) electrons. The first-order chi connectivity index (χ1) is 10.2. The molecule has 0 bridgehead atoms. The predicted molar refractivity (Wildman–Crippen MR) is 83.7 cm³/mol. The Bertz CT molecular complexity index is 809.